The van der Waals surface area contributed by atoms with Crippen LogP contribution in [-0.4, -0.2) is 55.3 Å². The first kappa shape index (κ1) is 21.1. The Morgan fingerprint density at radius 1 is 1.30 bits per heavy atom. The van der Waals surface area contributed by atoms with Crippen LogP contribution >= 0.6 is 11.3 Å². The number of aromatic nitrogens is 2. The van der Waals surface area contributed by atoms with Gasteiger partial charge < -0.3 is 10.2 Å². The number of fused-ring (bicyclic) bond motifs is 1. The van der Waals surface area contributed by atoms with Crippen LogP contribution in [0.5, 0.6) is 0 Å². The summed E-state index contributed by atoms with van der Waals surface area (Å²) in [4.78, 5) is 17.1. The predicted molar refractivity (Wildman–Crippen MR) is 118 cm³/mol. The van der Waals surface area contributed by atoms with Crippen molar-refractivity contribution < 1.29 is 13.2 Å². The molecule has 0 saturated carbocycles. The third kappa shape index (κ3) is 4.19. The zero-order valence-corrected chi connectivity index (χ0v) is 19.1. The first-order valence-corrected chi connectivity index (χ1v) is 12.4. The molecule has 1 aliphatic carbocycles. The topological polar surface area (TPSA) is 99.6 Å². The number of nitrogens with one attached hydrogen (secondary N) is 2. The van der Waals surface area contributed by atoms with Gasteiger partial charge in [0.15, 0.2) is 0 Å². The second kappa shape index (κ2) is 8.20. The van der Waals surface area contributed by atoms with Gasteiger partial charge in [-0.05, 0) is 58.2 Å². The molecule has 30 heavy (non-hydrogen) atoms. The van der Waals surface area contributed by atoms with E-state index in [2.05, 4.69) is 20.0 Å². The van der Waals surface area contributed by atoms with Crippen LogP contribution in [0.15, 0.2) is 12.4 Å². The summed E-state index contributed by atoms with van der Waals surface area (Å²) in [6.07, 6.45) is 7.78. The molecule has 1 fully saturated rings. The van der Waals surface area contributed by atoms with E-state index in [0.29, 0.717) is 12.2 Å². The Balaban J connectivity index is 1.56. The molecule has 1 saturated heterocycles. The van der Waals surface area contributed by atoms with Crippen LogP contribution in [-0.2, 0) is 30.1 Å². The molecule has 3 heterocycles. The fourth-order valence-electron chi connectivity index (χ4n) is 4.41. The predicted octanol–water partition coefficient (Wildman–Crippen LogP) is 2.25. The third-order valence-electron chi connectivity index (χ3n) is 5.69. The Labute approximate surface area is 181 Å². The molecule has 11 heteroatoms. The SMILES string of the molecule is Cc1sc2c(c1NC(=O)NS(=O)(=O)N(c1cnn(C)c1)[C@@H]1CCCN(C)C1)CCC2. The summed E-state index contributed by atoms with van der Waals surface area (Å²) >= 11 is 1.67. The number of aryl methyl sites for hydroxylation is 3. The fourth-order valence-corrected chi connectivity index (χ4v) is 6.95. The van der Waals surface area contributed by atoms with E-state index in [4.69, 9.17) is 0 Å². The summed E-state index contributed by atoms with van der Waals surface area (Å²) in [6, 6.07) is -1.01. The average molecular weight is 453 g/mol. The molecule has 2 N–H and O–H groups in total. The smallest absolute Gasteiger partial charge is 0.306 e. The molecule has 1 aliphatic heterocycles. The first-order chi connectivity index (χ1) is 14.2. The summed E-state index contributed by atoms with van der Waals surface area (Å²) in [5.41, 5.74) is 2.35. The Morgan fingerprint density at radius 3 is 2.80 bits per heavy atom. The number of hydrogen-bond donors (Lipinski definition) is 2. The van der Waals surface area contributed by atoms with Gasteiger partial charge in [-0.1, -0.05) is 0 Å². The van der Waals surface area contributed by atoms with Crippen LogP contribution in [0.25, 0.3) is 0 Å². The lowest BCUT2D eigenvalue weighted by atomic mass is 10.1. The molecule has 0 unspecified atom stereocenters. The molecule has 0 bridgehead atoms. The van der Waals surface area contributed by atoms with Crippen LogP contribution in [0.1, 0.15) is 34.6 Å². The number of urea groups is 1. The number of amides is 2. The van der Waals surface area contributed by atoms with Crippen molar-refractivity contribution in [2.45, 2.75) is 45.1 Å². The fraction of sp³-hybridized carbons (Fsp3) is 0.579. The minimum absolute atomic E-state index is 0.273. The molecule has 0 spiro atoms. The highest BCUT2D eigenvalue weighted by molar-refractivity contribution is 7.91. The molecule has 2 aliphatic rings. The standard InChI is InChI=1S/C19H28N6O3S2/c1-13-18(16-7-4-8-17(16)29-13)21-19(26)22-30(27,28)25(15-10-20-24(3)12-15)14-6-5-9-23(2)11-14/h10,12,14H,4-9,11H2,1-3H3,(H2,21,22,26)/t14-/m1/s1. The van der Waals surface area contributed by atoms with E-state index in [1.54, 1.807) is 29.3 Å². The van der Waals surface area contributed by atoms with Gasteiger partial charge in [0.2, 0.25) is 0 Å². The number of hydrogen-bond acceptors (Lipinski definition) is 6. The van der Waals surface area contributed by atoms with Crippen LogP contribution < -0.4 is 14.3 Å². The Morgan fingerprint density at radius 2 is 2.10 bits per heavy atom. The third-order valence-corrected chi connectivity index (χ3v) is 8.37. The Bertz CT molecular complexity index is 1040. The van der Waals surface area contributed by atoms with Crippen LogP contribution in [0, 0.1) is 6.92 Å². The van der Waals surface area contributed by atoms with Gasteiger partial charge in [0.25, 0.3) is 0 Å². The van der Waals surface area contributed by atoms with Crippen molar-refractivity contribution in [3.63, 3.8) is 0 Å². The zero-order chi connectivity index (χ0) is 21.5. The Kier molecular flexibility index (Phi) is 5.78. The number of thiophene rings is 1. The number of carbonyl (C=O) groups excluding carboxylic acids is 1. The van der Waals surface area contributed by atoms with E-state index < -0.39 is 16.2 Å². The largest absolute Gasteiger partial charge is 0.334 e. The number of anilines is 2. The van der Waals surface area contributed by atoms with Crippen molar-refractivity contribution in [3.05, 3.63) is 27.7 Å². The summed E-state index contributed by atoms with van der Waals surface area (Å²) in [7, 11) is -0.410. The van der Waals surface area contributed by atoms with Crippen LogP contribution in [0.2, 0.25) is 0 Å². The summed E-state index contributed by atoms with van der Waals surface area (Å²) in [5, 5.41) is 6.92. The van der Waals surface area contributed by atoms with E-state index in [0.717, 1.165) is 54.8 Å². The van der Waals surface area contributed by atoms with Gasteiger partial charge in [-0.25, -0.2) is 13.8 Å². The van der Waals surface area contributed by atoms with Gasteiger partial charge in [-0.2, -0.15) is 13.5 Å². The van der Waals surface area contributed by atoms with Gasteiger partial charge in [0.1, 0.15) is 0 Å². The molecule has 2 aromatic rings. The second-order valence-electron chi connectivity index (χ2n) is 8.08. The minimum Gasteiger partial charge on any atom is -0.306 e. The molecule has 164 valence electrons. The van der Waals surface area contributed by atoms with E-state index in [-0.39, 0.29) is 6.04 Å². The quantitative estimate of drug-likeness (QED) is 0.725. The Hall–Kier alpha value is -2.11. The van der Waals surface area contributed by atoms with Crippen LogP contribution in [0.3, 0.4) is 0 Å². The van der Waals surface area contributed by atoms with Gasteiger partial charge in [0.05, 0.1) is 23.6 Å². The van der Waals surface area contributed by atoms with Gasteiger partial charge in [-0.3, -0.25) is 4.68 Å². The summed E-state index contributed by atoms with van der Waals surface area (Å²) in [6.45, 7) is 3.47. The monoisotopic (exact) mass is 452 g/mol. The van der Waals surface area contributed by atoms with Crippen LogP contribution in [0.4, 0.5) is 16.2 Å². The molecule has 0 radical (unpaired) electrons. The van der Waals surface area contributed by atoms with Crippen molar-refractivity contribution >= 4 is 39.0 Å². The first-order valence-electron chi connectivity index (χ1n) is 10.2. The number of piperidine rings is 1. The summed E-state index contributed by atoms with van der Waals surface area (Å²) in [5.74, 6) is 0. The highest BCUT2D eigenvalue weighted by Crippen LogP contribution is 2.38. The summed E-state index contributed by atoms with van der Waals surface area (Å²) < 4.78 is 31.7. The molecule has 0 aromatic carbocycles. The van der Waals surface area contributed by atoms with Crippen molar-refractivity contribution in [1.82, 2.24) is 19.4 Å². The van der Waals surface area contributed by atoms with E-state index in [9.17, 15) is 13.2 Å². The molecular formula is C19H28N6O3S2. The number of rotatable bonds is 5. The molecule has 2 amide bonds. The van der Waals surface area contributed by atoms with Crippen molar-refractivity contribution in [3.8, 4) is 0 Å². The highest BCUT2D eigenvalue weighted by Gasteiger charge is 2.35. The lowest BCUT2D eigenvalue weighted by Crippen LogP contribution is -2.54. The highest BCUT2D eigenvalue weighted by atomic mass is 32.2. The molecule has 9 nitrogen and oxygen atoms in total. The maximum atomic E-state index is 13.3. The lowest BCUT2D eigenvalue weighted by Gasteiger charge is -2.37. The average Bonchev–Trinajstić information content (AvgIpc) is 3.34. The van der Waals surface area contributed by atoms with E-state index >= 15 is 0 Å². The number of carbonyl (C=O) groups is 1. The van der Waals surface area contributed by atoms with Gasteiger partial charge >= 0.3 is 16.2 Å². The van der Waals surface area contributed by atoms with Crippen molar-refractivity contribution in [2.24, 2.45) is 7.05 Å². The second-order valence-corrected chi connectivity index (χ2v) is 10.9. The zero-order valence-electron chi connectivity index (χ0n) is 17.5. The minimum atomic E-state index is -4.12. The van der Waals surface area contributed by atoms with Gasteiger partial charge in [0, 0.05) is 29.5 Å². The maximum absolute atomic E-state index is 13.3. The van der Waals surface area contributed by atoms with E-state index in [1.165, 1.54) is 15.4 Å². The number of likely N-dealkylation sites (N-methyl/N-ethyl adjacent to an activating group) is 1. The van der Waals surface area contributed by atoms with Gasteiger partial charge in [-0.15, -0.1) is 11.3 Å². The molecule has 1 atom stereocenters. The number of nitrogens with zero attached hydrogens (tertiary/aromatic N) is 4. The molecule has 2 aromatic heterocycles. The van der Waals surface area contributed by atoms with Crippen molar-refractivity contribution in [2.75, 3.05) is 29.8 Å². The maximum Gasteiger partial charge on any atom is 0.334 e. The number of likely N-dealkylation sites (tertiary alicyclic amines) is 1. The molecule has 4 rings (SSSR count). The van der Waals surface area contributed by atoms with Crippen molar-refractivity contribution in [1.29, 1.82) is 0 Å². The molecular weight excluding hydrogens is 424 g/mol. The lowest BCUT2D eigenvalue weighted by molar-refractivity contribution is 0.251. The normalized spacial score (nSPS) is 19.5. The van der Waals surface area contributed by atoms with E-state index in [1.807, 2.05) is 14.0 Å².